The number of hydrogen-bond acceptors (Lipinski definition) is 4. The summed E-state index contributed by atoms with van der Waals surface area (Å²) in [4.78, 5) is 14.3. The fourth-order valence-electron chi connectivity index (χ4n) is 3.50. The molecule has 0 fully saturated rings. The zero-order valence-corrected chi connectivity index (χ0v) is 16.2. The third kappa shape index (κ3) is 3.59. The van der Waals surface area contributed by atoms with Gasteiger partial charge in [-0.2, -0.15) is 0 Å². The second kappa shape index (κ2) is 8.15. The van der Waals surface area contributed by atoms with E-state index < -0.39 is 11.9 Å². The lowest BCUT2D eigenvalue weighted by Gasteiger charge is -2.38. The molecule has 0 aromatic heterocycles. The summed E-state index contributed by atoms with van der Waals surface area (Å²) in [6, 6.07) is 7.48. The first-order chi connectivity index (χ1) is 13.0. The lowest BCUT2D eigenvalue weighted by molar-refractivity contribution is -0.137. The van der Waals surface area contributed by atoms with Gasteiger partial charge in [0.15, 0.2) is 11.5 Å². The summed E-state index contributed by atoms with van der Waals surface area (Å²) in [5.74, 6) is 0.397. The molecule has 0 spiro atoms. The lowest BCUT2D eigenvalue weighted by Crippen LogP contribution is -2.42. The van der Waals surface area contributed by atoms with E-state index in [4.69, 9.17) is 25.8 Å². The second-order valence-corrected chi connectivity index (χ2v) is 6.62. The highest BCUT2D eigenvalue weighted by atomic mass is 35.5. The van der Waals surface area contributed by atoms with Crippen molar-refractivity contribution in [1.82, 2.24) is 4.90 Å². The molecule has 2 aromatic rings. The van der Waals surface area contributed by atoms with Crippen molar-refractivity contribution in [3.8, 4) is 11.5 Å². The van der Waals surface area contributed by atoms with Gasteiger partial charge in [0.25, 0.3) is 0 Å². The number of rotatable bonds is 5. The summed E-state index contributed by atoms with van der Waals surface area (Å²) in [6.45, 7) is 0.325. The highest BCUT2D eigenvalue weighted by Gasteiger charge is 2.35. The van der Waals surface area contributed by atoms with Gasteiger partial charge in [-0.15, -0.1) is 0 Å². The number of amides is 1. The molecule has 0 radical (unpaired) electrons. The number of halogens is 2. The number of carbonyl (C=O) groups excluding carboxylic acids is 1. The zero-order valence-electron chi connectivity index (χ0n) is 15.4. The summed E-state index contributed by atoms with van der Waals surface area (Å²) in [7, 11) is 4.55. The van der Waals surface area contributed by atoms with Gasteiger partial charge in [0.05, 0.1) is 20.3 Å². The fraction of sp³-hybridized carbons (Fsp3) is 0.350. The smallest absolute Gasteiger partial charge is 0.249 e. The number of methoxy groups -OCH3 is 3. The molecule has 3 rings (SSSR count). The minimum Gasteiger partial charge on any atom is -0.493 e. The van der Waals surface area contributed by atoms with Gasteiger partial charge >= 0.3 is 0 Å². The van der Waals surface area contributed by atoms with Crippen LogP contribution in [0.1, 0.15) is 22.7 Å². The van der Waals surface area contributed by atoms with Crippen molar-refractivity contribution in [1.29, 1.82) is 0 Å². The molecule has 1 aliphatic rings. The normalized spacial score (nSPS) is 16.0. The van der Waals surface area contributed by atoms with Crippen LogP contribution in [-0.2, 0) is 16.0 Å². The molecule has 1 aliphatic heterocycles. The Morgan fingerprint density at radius 3 is 2.56 bits per heavy atom. The summed E-state index contributed by atoms with van der Waals surface area (Å²) < 4.78 is 30.6. The number of fused-ring (bicyclic) bond motifs is 1. The standard InChI is InChI=1S/C20H21ClFNO4/c1-25-11-18(24)23-8-7-12-9-16(26-2)17(27-3)10-13(12)20(23)19-14(21)5-4-6-15(19)22/h4-6,9-10,20H,7-8,11H2,1-3H3. The predicted molar refractivity (Wildman–Crippen MR) is 100 cm³/mol. The SMILES string of the molecule is COCC(=O)N1CCc2cc(OC)c(OC)cc2C1c1c(F)cccc1Cl. The highest BCUT2D eigenvalue weighted by Crippen LogP contribution is 2.43. The molecular weight excluding hydrogens is 373 g/mol. The Labute approximate surface area is 162 Å². The van der Waals surface area contributed by atoms with Crippen LogP contribution in [0.3, 0.4) is 0 Å². The molecule has 0 saturated heterocycles. The van der Waals surface area contributed by atoms with Crippen molar-refractivity contribution in [2.45, 2.75) is 12.5 Å². The number of ether oxygens (including phenoxy) is 3. The van der Waals surface area contributed by atoms with Crippen molar-refractivity contribution >= 4 is 17.5 Å². The van der Waals surface area contributed by atoms with Crippen LogP contribution in [0.25, 0.3) is 0 Å². The van der Waals surface area contributed by atoms with Crippen LogP contribution >= 0.6 is 11.6 Å². The fourth-order valence-corrected chi connectivity index (χ4v) is 3.77. The minimum atomic E-state index is -0.676. The largest absolute Gasteiger partial charge is 0.493 e. The van der Waals surface area contributed by atoms with E-state index in [9.17, 15) is 9.18 Å². The van der Waals surface area contributed by atoms with Crippen LogP contribution in [-0.4, -0.2) is 45.3 Å². The van der Waals surface area contributed by atoms with Crippen molar-refractivity contribution in [2.24, 2.45) is 0 Å². The Morgan fingerprint density at radius 1 is 1.22 bits per heavy atom. The monoisotopic (exact) mass is 393 g/mol. The van der Waals surface area contributed by atoms with E-state index in [0.717, 1.165) is 11.1 Å². The van der Waals surface area contributed by atoms with Gasteiger partial charge in [0.1, 0.15) is 12.4 Å². The molecule has 0 N–H and O–H groups in total. The van der Waals surface area contributed by atoms with Gasteiger partial charge in [-0.05, 0) is 41.8 Å². The Balaban J connectivity index is 2.22. The molecule has 1 atom stereocenters. The van der Waals surface area contributed by atoms with Crippen molar-refractivity contribution in [3.63, 3.8) is 0 Å². The van der Waals surface area contributed by atoms with E-state index in [1.807, 2.05) is 6.07 Å². The van der Waals surface area contributed by atoms with Gasteiger partial charge in [0.2, 0.25) is 5.91 Å². The Hall–Kier alpha value is -2.31. The third-order valence-corrected chi connectivity index (χ3v) is 5.06. The van der Waals surface area contributed by atoms with Crippen LogP contribution in [0, 0.1) is 5.82 Å². The minimum absolute atomic E-state index is 0.0921. The van der Waals surface area contributed by atoms with Gasteiger partial charge in [-0.25, -0.2) is 4.39 Å². The van der Waals surface area contributed by atoms with Gasteiger partial charge in [0, 0.05) is 24.2 Å². The maximum Gasteiger partial charge on any atom is 0.249 e. The van der Waals surface area contributed by atoms with E-state index in [2.05, 4.69) is 0 Å². The molecule has 5 nitrogen and oxygen atoms in total. The second-order valence-electron chi connectivity index (χ2n) is 6.21. The zero-order chi connectivity index (χ0) is 19.6. The topological polar surface area (TPSA) is 48.0 Å². The van der Waals surface area contributed by atoms with E-state index in [1.165, 1.54) is 20.3 Å². The molecule has 1 heterocycles. The number of nitrogens with zero attached hydrogens (tertiary/aromatic N) is 1. The molecular formula is C20H21ClFNO4. The molecule has 0 aliphatic carbocycles. The molecule has 1 amide bonds. The lowest BCUT2D eigenvalue weighted by atomic mass is 9.87. The Kier molecular flexibility index (Phi) is 5.87. The van der Waals surface area contributed by atoms with Crippen LogP contribution in [0.2, 0.25) is 5.02 Å². The maximum absolute atomic E-state index is 14.8. The average molecular weight is 394 g/mol. The molecule has 0 bridgehead atoms. The van der Waals surface area contributed by atoms with Crippen LogP contribution in [0.15, 0.2) is 30.3 Å². The molecule has 27 heavy (non-hydrogen) atoms. The number of carbonyl (C=O) groups is 1. The van der Waals surface area contributed by atoms with Crippen molar-refractivity contribution in [2.75, 3.05) is 34.5 Å². The summed E-state index contributed by atoms with van der Waals surface area (Å²) in [5, 5.41) is 0.262. The van der Waals surface area contributed by atoms with Crippen molar-refractivity contribution < 1.29 is 23.4 Å². The third-order valence-electron chi connectivity index (χ3n) is 4.73. The summed E-state index contributed by atoms with van der Waals surface area (Å²) in [6.07, 6.45) is 0.605. The van der Waals surface area contributed by atoms with Gasteiger partial charge in [-0.3, -0.25) is 4.79 Å². The first-order valence-corrected chi connectivity index (χ1v) is 8.86. The van der Waals surface area contributed by atoms with E-state index >= 15 is 0 Å². The molecule has 0 saturated carbocycles. The number of benzene rings is 2. The first kappa shape index (κ1) is 19.5. The predicted octanol–water partition coefficient (Wildman–Crippen LogP) is 3.62. The highest BCUT2D eigenvalue weighted by molar-refractivity contribution is 6.31. The van der Waals surface area contributed by atoms with Crippen LogP contribution < -0.4 is 9.47 Å². The average Bonchev–Trinajstić information content (AvgIpc) is 2.66. The molecule has 2 aromatic carbocycles. The quantitative estimate of drug-likeness (QED) is 0.778. The van der Waals surface area contributed by atoms with Gasteiger partial charge in [-0.1, -0.05) is 17.7 Å². The molecule has 144 valence electrons. The molecule has 1 unspecified atom stereocenters. The van der Waals surface area contributed by atoms with E-state index in [0.29, 0.717) is 24.5 Å². The van der Waals surface area contributed by atoms with E-state index in [1.54, 1.807) is 30.2 Å². The van der Waals surface area contributed by atoms with Gasteiger partial charge < -0.3 is 19.1 Å². The van der Waals surface area contributed by atoms with Crippen molar-refractivity contribution in [3.05, 3.63) is 57.9 Å². The molecule has 7 heteroatoms. The summed E-state index contributed by atoms with van der Waals surface area (Å²) >= 11 is 6.34. The van der Waals surface area contributed by atoms with Crippen LogP contribution in [0.5, 0.6) is 11.5 Å². The summed E-state index contributed by atoms with van der Waals surface area (Å²) in [5.41, 5.74) is 1.98. The first-order valence-electron chi connectivity index (χ1n) is 8.48. The van der Waals surface area contributed by atoms with Crippen LogP contribution in [0.4, 0.5) is 4.39 Å². The number of hydrogen-bond donors (Lipinski definition) is 0. The Bertz CT molecular complexity index is 838. The van der Waals surface area contributed by atoms with E-state index in [-0.39, 0.29) is 23.1 Å². The Morgan fingerprint density at radius 2 is 1.93 bits per heavy atom. The maximum atomic E-state index is 14.8.